The molecule has 7 heteroatoms. The van der Waals surface area contributed by atoms with Crippen LogP contribution < -0.4 is 10.1 Å². The molecule has 24 heavy (non-hydrogen) atoms. The minimum Gasteiger partial charge on any atom is -0.496 e. The van der Waals surface area contributed by atoms with Crippen molar-refractivity contribution in [3.05, 3.63) is 59.2 Å². The van der Waals surface area contributed by atoms with Gasteiger partial charge in [-0.2, -0.15) is 13.2 Å². The SMILES string of the molecule is COc1ccc(NC(=O)Cc2ccc(C(F)(F)F)cc2)cc1CO. The fourth-order valence-corrected chi connectivity index (χ4v) is 2.18. The number of hydrogen-bond donors (Lipinski definition) is 2. The number of halogens is 3. The van der Waals surface area contributed by atoms with Crippen molar-refractivity contribution >= 4 is 11.6 Å². The summed E-state index contributed by atoms with van der Waals surface area (Å²) < 4.78 is 42.5. The lowest BCUT2D eigenvalue weighted by atomic mass is 10.1. The van der Waals surface area contributed by atoms with Gasteiger partial charge in [0.1, 0.15) is 5.75 Å². The topological polar surface area (TPSA) is 58.6 Å². The van der Waals surface area contributed by atoms with Crippen LogP contribution in [0.1, 0.15) is 16.7 Å². The van der Waals surface area contributed by atoms with Gasteiger partial charge in [-0.25, -0.2) is 0 Å². The highest BCUT2D eigenvalue weighted by Crippen LogP contribution is 2.29. The Morgan fingerprint density at radius 2 is 1.83 bits per heavy atom. The molecule has 0 aliphatic carbocycles. The van der Waals surface area contributed by atoms with Gasteiger partial charge in [-0.15, -0.1) is 0 Å². The number of amides is 1. The van der Waals surface area contributed by atoms with Crippen molar-refractivity contribution in [3.63, 3.8) is 0 Å². The van der Waals surface area contributed by atoms with Crippen LogP contribution in [0.3, 0.4) is 0 Å². The molecule has 128 valence electrons. The lowest BCUT2D eigenvalue weighted by molar-refractivity contribution is -0.137. The molecule has 1 amide bonds. The van der Waals surface area contributed by atoms with Crippen molar-refractivity contribution in [3.8, 4) is 5.75 Å². The normalized spacial score (nSPS) is 11.2. The first-order valence-corrected chi connectivity index (χ1v) is 7.07. The van der Waals surface area contributed by atoms with Gasteiger partial charge < -0.3 is 15.2 Å². The van der Waals surface area contributed by atoms with Gasteiger partial charge in [0.15, 0.2) is 0 Å². The quantitative estimate of drug-likeness (QED) is 0.878. The molecule has 0 aliphatic rings. The summed E-state index contributed by atoms with van der Waals surface area (Å²) in [6.45, 7) is -0.244. The fourth-order valence-electron chi connectivity index (χ4n) is 2.18. The summed E-state index contributed by atoms with van der Waals surface area (Å²) >= 11 is 0. The Bertz CT molecular complexity index is 712. The van der Waals surface area contributed by atoms with E-state index in [1.54, 1.807) is 18.2 Å². The van der Waals surface area contributed by atoms with E-state index in [0.29, 0.717) is 22.6 Å². The van der Waals surface area contributed by atoms with Gasteiger partial charge in [-0.3, -0.25) is 4.79 Å². The summed E-state index contributed by atoms with van der Waals surface area (Å²) in [5.74, 6) is 0.127. The number of hydrogen-bond acceptors (Lipinski definition) is 3. The molecule has 0 saturated heterocycles. The molecule has 0 bridgehead atoms. The Morgan fingerprint density at radius 1 is 1.17 bits per heavy atom. The van der Waals surface area contributed by atoms with Gasteiger partial charge >= 0.3 is 6.18 Å². The Morgan fingerprint density at radius 3 is 2.38 bits per heavy atom. The summed E-state index contributed by atoms with van der Waals surface area (Å²) in [6, 6.07) is 9.23. The van der Waals surface area contributed by atoms with Crippen LogP contribution in [0.2, 0.25) is 0 Å². The third-order valence-corrected chi connectivity index (χ3v) is 3.38. The zero-order valence-corrected chi connectivity index (χ0v) is 12.9. The summed E-state index contributed by atoms with van der Waals surface area (Å²) in [6.07, 6.45) is -4.46. The van der Waals surface area contributed by atoms with E-state index < -0.39 is 11.7 Å². The number of nitrogens with one attached hydrogen (secondary N) is 1. The van der Waals surface area contributed by atoms with E-state index in [1.165, 1.54) is 19.2 Å². The molecule has 0 fully saturated rings. The zero-order valence-electron chi connectivity index (χ0n) is 12.9. The Labute approximate surface area is 136 Å². The van der Waals surface area contributed by atoms with E-state index in [9.17, 15) is 23.1 Å². The number of carbonyl (C=O) groups is 1. The number of benzene rings is 2. The van der Waals surface area contributed by atoms with E-state index in [-0.39, 0.29) is 18.9 Å². The van der Waals surface area contributed by atoms with Crippen LogP contribution in [0.5, 0.6) is 5.75 Å². The number of alkyl halides is 3. The Hall–Kier alpha value is -2.54. The number of ether oxygens (including phenoxy) is 1. The summed E-state index contributed by atoms with van der Waals surface area (Å²) in [5.41, 5.74) is 0.701. The molecule has 0 heterocycles. The maximum Gasteiger partial charge on any atom is 0.416 e. The molecule has 4 nitrogen and oxygen atoms in total. The standard InChI is InChI=1S/C17H16F3NO3/c1-24-15-7-6-14(9-12(15)10-22)21-16(23)8-11-2-4-13(5-3-11)17(18,19)20/h2-7,9,22H,8,10H2,1H3,(H,21,23). The molecule has 0 aromatic heterocycles. The second-order valence-corrected chi connectivity index (χ2v) is 5.10. The molecule has 0 atom stereocenters. The third-order valence-electron chi connectivity index (χ3n) is 3.38. The summed E-state index contributed by atoms with van der Waals surface area (Å²) in [4.78, 5) is 12.0. The van der Waals surface area contributed by atoms with Gasteiger partial charge in [0.2, 0.25) is 5.91 Å². The molecule has 2 rings (SSSR count). The van der Waals surface area contributed by atoms with E-state index in [1.807, 2.05) is 0 Å². The minimum absolute atomic E-state index is 0.0569. The number of carbonyl (C=O) groups excluding carboxylic acids is 1. The van der Waals surface area contributed by atoms with Gasteiger partial charge in [0.25, 0.3) is 0 Å². The van der Waals surface area contributed by atoms with Crippen molar-refractivity contribution in [1.82, 2.24) is 0 Å². The maximum atomic E-state index is 12.5. The second-order valence-electron chi connectivity index (χ2n) is 5.10. The molecule has 2 aromatic carbocycles. The fraction of sp³-hybridized carbons (Fsp3) is 0.235. The van der Waals surface area contributed by atoms with E-state index in [4.69, 9.17) is 4.74 Å². The second kappa shape index (κ2) is 7.35. The molecule has 2 aromatic rings. The highest BCUT2D eigenvalue weighted by atomic mass is 19.4. The van der Waals surface area contributed by atoms with Gasteiger partial charge in [0.05, 0.1) is 25.7 Å². The summed E-state index contributed by atoms with van der Waals surface area (Å²) in [7, 11) is 1.47. The van der Waals surface area contributed by atoms with Crippen molar-refractivity contribution in [2.75, 3.05) is 12.4 Å². The number of aliphatic hydroxyl groups excluding tert-OH is 1. The summed E-state index contributed by atoms with van der Waals surface area (Å²) in [5, 5.41) is 11.9. The monoisotopic (exact) mass is 339 g/mol. The van der Waals surface area contributed by atoms with Gasteiger partial charge in [-0.1, -0.05) is 12.1 Å². The number of methoxy groups -OCH3 is 1. The van der Waals surface area contributed by atoms with Crippen LogP contribution in [0.15, 0.2) is 42.5 Å². The highest BCUT2D eigenvalue weighted by molar-refractivity contribution is 5.92. The Kier molecular flexibility index (Phi) is 5.46. The molecule has 2 N–H and O–H groups in total. The van der Waals surface area contributed by atoms with Crippen molar-refractivity contribution in [2.45, 2.75) is 19.2 Å². The molecule has 0 aliphatic heterocycles. The first-order valence-electron chi connectivity index (χ1n) is 7.07. The van der Waals surface area contributed by atoms with E-state index in [2.05, 4.69) is 5.32 Å². The average Bonchev–Trinajstić information content (AvgIpc) is 2.54. The first kappa shape index (κ1) is 17.8. The molecular weight excluding hydrogens is 323 g/mol. The van der Waals surface area contributed by atoms with Crippen LogP contribution in [0.25, 0.3) is 0 Å². The lowest BCUT2D eigenvalue weighted by Crippen LogP contribution is -2.15. The van der Waals surface area contributed by atoms with Crippen LogP contribution >= 0.6 is 0 Å². The lowest BCUT2D eigenvalue weighted by Gasteiger charge is -2.11. The smallest absolute Gasteiger partial charge is 0.416 e. The van der Waals surface area contributed by atoms with Crippen LogP contribution in [0.4, 0.5) is 18.9 Å². The predicted octanol–water partition coefficient (Wildman–Crippen LogP) is 3.39. The van der Waals surface area contributed by atoms with Crippen LogP contribution in [0, 0.1) is 0 Å². The van der Waals surface area contributed by atoms with Crippen molar-refractivity contribution in [2.24, 2.45) is 0 Å². The van der Waals surface area contributed by atoms with Gasteiger partial charge in [-0.05, 0) is 35.9 Å². The minimum atomic E-state index is -4.40. The first-order chi connectivity index (χ1) is 11.3. The van der Waals surface area contributed by atoms with Crippen LogP contribution in [-0.4, -0.2) is 18.1 Å². The average molecular weight is 339 g/mol. The van der Waals surface area contributed by atoms with Crippen molar-refractivity contribution < 1.29 is 27.8 Å². The van der Waals surface area contributed by atoms with Gasteiger partial charge in [0, 0.05) is 11.3 Å². The molecule has 0 unspecified atom stereocenters. The molecule has 0 radical (unpaired) electrons. The number of anilines is 1. The third kappa shape index (κ3) is 4.48. The molecular formula is C17H16F3NO3. The number of rotatable bonds is 5. The largest absolute Gasteiger partial charge is 0.496 e. The van der Waals surface area contributed by atoms with E-state index in [0.717, 1.165) is 12.1 Å². The number of aliphatic hydroxyl groups is 1. The molecule has 0 spiro atoms. The van der Waals surface area contributed by atoms with Crippen LogP contribution in [-0.2, 0) is 24.0 Å². The maximum absolute atomic E-state index is 12.5. The predicted molar refractivity (Wildman–Crippen MR) is 82.7 cm³/mol. The van der Waals surface area contributed by atoms with Crippen molar-refractivity contribution in [1.29, 1.82) is 0 Å². The Balaban J connectivity index is 2.03. The van der Waals surface area contributed by atoms with E-state index >= 15 is 0 Å². The highest BCUT2D eigenvalue weighted by Gasteiger charge is 2.29. The molecule has 0 saturated carbocycles. The zero-order chi connectivity index (χ0) is 17.7.